The molecule has 1 aliphatic rings. The Morgan fingerprint density at radius 2 is 1.91 bits per heavy atom. The van der Waals surface area contributed by atoms with Crippen molar-refractivity contribution >= 4 is 39.0 Å². The summed E-state index contributed by atoms with van der Waals surface area (Å²) >= 11 is 6.26. The number of nitrogens with zero attached hydrogens (tertiary/aromatic N) is 2. The maximum atomic E-state index is 13.2. The molecule has 1 aromatic heterocycles. The van der Waals surface area contributed by atoms with Gasteiger partial charge in [-0.2, -0.15) is 0 Å². The molecule has 10 heteroatoms. The van der Waals surface area contributed by atoms with Gasteiger partial charge in [-0.3, -0.25) is 4.79 Å². The monoisotopic (exact) mass is 480 g/mol. The van der Waals surface area contributed by atoms with E-state index in [1.54, 1.807) is 25.4 Å². The van der Waals surface area contributed by atoms with Crippen molar-refractivity contribution in [3.8, 4) is 0 Å². The Labute approximate surface area is 194 Å². The number of amides is 1. The average molecular weight is 481 g/mol. The molecule has 8 nitrogen and oxygen atoms in total. The highest BCUT2D eigenvalue weighted by Crippen LogP contribution is 2.36. The maximum Gasteiger partial charge on any atom is 0.233 e. The Bertz CT molecular complexity index is 1020. The van der Waals surface area contributed by atoms with Crippen molar-refractivity contribution < 1.29 is 17.9 Å². The van der Waals surface area contributed by atoms with Crippen molar-refractivity contribution in [2.24, 2.45) is 5.92 Å². The summed E-state index contributed by atoms with van der Waals surface area (Å²) in [5.74, 6) is 0.700. The molecule has 174 valence electrons. The molecule has 3 rings (SSSR count). The number of benzene rings is 1. The minimum atomic E-state index is -3.44. The van der Waals surface area contributed by atoms with Crippen LogP contribution in [0.2, 0.25) is 5.02 Å². The van der Waals surface area contributed by atoms with Crippen molar-refractivity contribution in [2.45, 2.75) is 42.9 Å². The Hall–Kier alpha value is -2.23. The summed E-state index contributed by atoms with van der Waals surface area (Å²) in [6, 6.07) is 4.74. The van der Waals surface area contributed by atoms with Crippen LogP contribution >= 0.6 is 11.6 Å². The molecule has 1 fully saturated rings. The van der Waals surface area contributed by atoms with Crippen molar-refractivity contribution in [2.75, 3.05) is 37.2 Å². The number of halogens is 1. The number of hydrogen-bond acceptors (Lipinski definition) is 7. The van der Waals surface area contributed by atoms with Gasteiger partial charge in [0.1, 0.15) is 5.82 Å². The van der Waals surface area contributed by atoms with Crippen LogP contribution in [0.4, 0.5) is 11.6 Å². The minimum absolute atomic E-state index is 0.0605. The molecule has 1 atom stereocenters. The average Bonchev–Trinajstić information content (AvgIpc) is 3.26. The summed E-state index contributed by atoms with van der Waals surface area (Å²) in [7, 11) is -1.82. The Morgan fingerprint density at radius 3 is 2.50 bits per heavy atom. The fourth-order valence-corrected chi connectivity index (χ4v) is 5.32. The van der Waals surface area contributed by atoms with Gasteiger partial charge in [-0.25, -0.2) is 18.4 Å². The van der Waals surface area contributed by atoms with Crippen LogP contribution in [0.1, 0.15) is 43.6 Å². The molecule has 2 aromatic rings. The van der Waals surface area contributed by atoms with E-state index in [-0.39, 0.29) is 15.8 Å². The topological polar surface area (TPSA) is 110 Å². The molecule has 1 saturated carbocycles. The first-order valence-electron chi connectivity index (χ1n) is 10.6. The first kappa shape index (κ1) is 24.4. The molecule has 0 unspecified atom stereocenters. The fourth-order valence-electron chi connectivity index (χ4n) is 3.99. The summed E-state index contributed by atoms with van der Waals surface area (Å²) in [4.78, 5) is 21.8. The lowest BCUT2D eigenvalue weighted by Crippen LogP contribution is -2.24. The molecular formula is C22H29ClN4O4S. The zero-order valence-corrected chi connectivity index (χ0v) is 19.9. The maximum absolute atomic E-state index is 13.2. The number of anilines is 2. The number of hydrogen-bond donors (Lipinski definition) is 2. The molecule has 0 radical (unpaired) electrons. The third-order valence-electron chi connectivity index (χ3n) is 5.63. The van der Waals surface area contributed by atoms with E-state index in [0.717, 1.165) is 31.9 Å². The third kappa shape index (κ3) is 6.63. The highest BCUT2D eigenvalue weighted by molar-refractivity contribution is 7.90. The zero-order chi connectivity index (χ0) is 23.1. The first-order valence-corrected chi connectivity index (χ1v) is 12.9. The Morgan fingerprint density at radius 1 is 1.22 bits per heavy atom. The Balaban J connectivity index is 1.78. The van der Waals surface area contributed by atoms with E-state index in [1.165, 1.54) is 12.3 Å². The van der Waals surface area contributed by atoms with Crippen molar-refractivity contribution in [1.82, 2.24) is 9.97 Å². The predicted molar refractivity (Wildman–Crippen MR) is 125 cm³/mol. The molecule has 0 spiro atoms. The number of nitrogens with one attached hydrogen (secondary N) is 2. The van der Waals surface area contributed by atoms with E-state index >= 15 is 0 Å². The molecule has 2 N–H and O–H groups in total. The van der Waals surface area contributed by atoms with Gasteiger partial charge < -0.3 is 15.4 Å². The van der Waals surface area contributed by atoms with Crippen LogP contribution in [0.25, 0.3) is 0 Å². The number of rotatable bonds is 10. The van der Waals surface area contributed by atoms with Crippen LogP contribution in [-0.2, 0) is 19.4 Å². The lowest BCUT2D eigenvalue weighted by Gasteiger charge is -2.21. The van der Waals surface area contributed by atoms with Gasteiger partial charge in [0.25, 0.3) is 0 Å². The molecule has 1 aliphatic carbocycles. The summed E-state index contributed by atoms with van der Waals surface area (Å²) < 4.78 is 28.8. The van der Waals surface area contributed by atoms with Gasteiger partial charge in [0.05, 0.1) is 34.8 Å². The van der Waals surface area contributed by atoms with Crippen molar-refractivity contribution in [1.29, 1.82) is 0 Å². The van der Waals surface area contributed by atoms with Crippen LogP contribution in [0, 0.1) is 5.92 Å². The lowest BCUT2D eigenvalue weighted by atomic mass is 9.87. The molecule has 32 heavy (non-hydrogen) atoms. The van der Waals surface area contributed by atoms with E-state index in [4.69, 9.17) is 16.3 Å². The number of ether oxygens (including phenoxy) is 1. The van der Waals surface area contributed by atoms with Gasteiger partial charge in [-0.15, -0.1) is 0 Å². The summed E-state index contributed by atoms with van der Waals surface area (Å²) in [6.07, 6.45) is 9.33. The van der Waals surface area contributed by atoms with E-state index in [2.05, 4.69) is 20.6 Å². The van der Waals surface area contributed by atoms with E-state index < -0.39 is 15.8 Å². The Kier molecular flexibility index (Phi) is 8.44. The molecular weight excluding hydrogens is 452 g/mol. The molecule has 0 bridgehead atoms. The molecule has 1 heterocycles. The van der Waals surface area contributed by atoms with Gasteiger partial charge in [0.2, 0.25) is 5.91 Å². The predicted octanol–water partition coefficient (Wildman–Crippen LogP) is 3.89. The quantitative estimate of drug-likeness (QED) is 0.496. The van der Waals surface area contributed by atoms with E-state index in [0.29, 0.717) is 42.7 Å². The number of carbonyl (C=O) groups excluding carboxylic acids is 1. The van der Waals surface area contributed by atoms with Gasteiger partial charge in [-0.1, -0.05) is 43.4 Å². The molecule has 1 amide bonds. The number of carbonyl (C=O) groups is 1. The second kappa shape index (κ2) is 11.1. The van der Waals surface area contributed by atoms with E-state index in [1.807, 2.05) is 0 Å². The minimum Gasteiger partial charge on any atom is -0.383 e. The highest BCUT2D eigenvalue weighted by Gasteiger charge is 2.28. The van der Waals surface area contributed by atoms with Gasteiger partial charge in [0.15, 0.2) is 15.7 Å². The largest absolute Gasteiger partial charge is 0.383 e. The first-order chi connectivity index (χ1) is 15.3. The summed E-state index contributed by atoms with van der Waals surface area (Å²) in [5.41, 5.74) is 0.692. The second-order valence-electron chi connectivity index (χ2n) is 8.10. The standard InChI is InChI=1S/C22H29ClN4O4S/c1-31-10-9-24-20-13-26-21(14-25-20)27-22(28)17(11-15-5-3-4-6-15)16-7-8-19(18(23)12-16)32(2,29)30/h7-8,12-15,17H,3-6,9-11H2,1-2H3,(H,24,25)(H,26,27,28)/t17-/m1/s1. The number of methoxy groups -OCH3 is 1. The normalized spacial score (nSPS) is 15.5. The lowest BCUT2D eigenvalue weighted by molar-refractivity contribution is -0.118. The molecule has 0 saturated heterocycles. The zero-order valence-electron chi connectivity index (χ0n) is 18.3. The summed E-state index contributed by atoms with van der Waals surface area (Å²) in [6.45, 7) is 1.15. The van der Waals surface area contributed by atoms with Crippen molar-refractivity contribution in [3.63, 3.8) is 0 Å². The number of sulfone groups is 1. The molecule has 1 aromatic carbocycles. The van der Waals surface area contributed by atoms with Crippen LogP contribution in [0.5, 0.6) is 0 Å². The van der Waals surface area contributed by atoms with Crippen LogP contribution in [0.15, 0.2) is 35.5 Å². The number of aromatic nitrogens is 2. The second-order valence-corrected chi connectivity index (χ2v) is 10.5. The SMILES string of the molecule is COCCNc1cnc(NC(=O)[C@H](CC2CCCC2)c2ccc(S(C)(=O)=O)c(Cl)c2)cn1. The van der Waals surface area contributed by atoms with Crippen LogP contribution in [0.3, 0.4) is 0 Å². The van der Waals surface area contributed by atoms with Gasteiger partial charge in [0, 0.05) is 19.9 Å². The molecule has 0 aliphatic heterocycles. The van der Waals surface area contributed by atoms with Gasteiger partial charge >= 0.3 is 0 Å². The van der Waals surface area contributed by atoms with E-state index in [9.17, 15) is 13.2 Å². The van der Waals surface area contributed by atoms with Crippen molar-refractivity contribution in [3.05, 3.63) is 41.2 Å². The fraction of sp³-hybridized carbons (Fsp3) is 0.500. The highest BCUT2D eigenvalue weighted by atomic mass is 35.5. The van der Waals surface area contributed by atoms with Gasteiger partial charge in [-0.05, 0) is 30.0 Å². The van der Waals surface area contributed by atoms with Crippen LogP contribution in [-0.4, -0.2) is 50.8 Å². The third-order valence-corrected chi connectivity index (χ3v) is 7.21. The smallest absolute Gasteiger partial charge is 0.233 e. The summed E-state index contributed by atoms with van der Waals surface area (Å²) in [5, 5.41) is 6.04. The van der Waals surface area contributed by atoms with Crippen LogP contribution < -0.4 is 10.6 Å².